The van der Waals surface area contributed by atoms with Crippen LogP contribution in [-0.4, -0.2) is 36.5 Å². The molecule has 1 heterocycles. The van der Waals surface area contributed by atoms with Crippen LogP contribution in [-0.2, 0) is 9.59 Å². The van der Waals surface area contributed by atoms with E-state index in [1.807, 2.05) is 13.8 Å². The molecule has 0 aliphatic carbocycles. The number of hydrogen-bond donors (Lipinski definition) is 3. The van der Waals surface area contributed by atoms with Crippen molar-refractivity contribution >= 4 is 11.8 Å². The molecule has 5 nitrogen and oxygen atoms in total. The summed E-state index contributed by atoms with van der Waals surface area (Å²) in [5.41, 5.74) is 0. The van der Waals surface area contributed by atoms with Gasteiger partial charge >= 0.3 is 0 Å². The van der Waals surface area contributed by atoms with Gasteiger partial charge in [-0.1, -0.05) is 0 Å². The van der Waals surface area contributed by atoms with E-state index >= 15 is 0 Å². The smallest absolute Gasteiger partial charge is 0.237 e. The number of hydrogen-bond acceptors (Lipinski definition) is 3. The lowest BCUT2D eigenvalue weighted by Crippen LogP contribution is -2.55. The standard InChI is InChI=1S/C11H21N3O2/c1-7(2)13-10(15)8(3)14-9-5-4-6-12-11(9)16/h7-9,14H,4-6H2,1-3H3,(H,12,16)(H,13,15). The Morgan fingerprint density at radius 2 is 2.12 bits per heavy atom. The predicted octanol–water partition coefficient (Wildman–Crippen LogP) is -0.232. The van der Waals surface area contributed by atoms with Crippen LogP contribution in [0, 0.1) is 0 Å². The minimum Gasteiger partial charge on any atom is -0.355 e. The molecule has 16 heavy (non-hydrogen) atoms. The normalized spacial score (nSPS) is 22.8. The van der Waals surface area contributed by atoms with E-state index in [4.69, 9.17) is 0 Å². The molecule has 2 atom stereocenters. The third kappa shape index (κ3) is 3.81. The highest BCUT2D eigenvalue weighted by atomic mass is 16.2. The Morgan fingerprint density at radius 1 is 1.44 bits per heavy atom. The first-order valence-electron chi connectivity index (χ1n) is 5.85. The highest BCUT2D eigenvalue weighted by molar-refractivity contribution is 5.85. The summed E-state index contributed by atoms with van der Waals surface area (Å²) in [6.07, 6.45) is 1.76. The van der Waals surface area contributed by atoms with Gasteiger partial charge in [-0.15, -0.1) is 0 Å². The molecule has 1 aliphatic heterocycles. The van der Waals surface area contributed by atoms with Gasteiger partial charge in [0.2, 0.25) is 11.8 Å². The van der Waals surface area contributed by atoms with E-state index in [2.05, 4.69) is 16.0 Å². The Labute approximate surface area is 96.4 Å². The summed E-state index contributed by atoms with van der Waals surface area (Å²) in [6, 6.07) is -0.449. The number of carbonyl (C=O) groups excluding carboxylic acids is 2. The Kier molecular flexibility index (Phi) is 4.73. The fourth-order valence-corrected chi connectivity index (χ4v) is 1.72. The maximum atomic E-state index is 11.6. The lowest BCUT2D eigenvalue weighted by molar-refractivity contribution is -0.126. The third-order valence-electron chi connectivity index (χ3n) is 2.56. The monoisotopic (exact) mass is 227 g/mol. The largest absolute Gasteiger partial charge is 0.355 e. The number of carbonyl (C=O) groups is 2. The quantitative estimate of drug-likeness (QED) is 0.621. The van der Waals surface area contributed by atoms with E-state index in [9.17, 15) is 9.59 Å². The molecule has 1 fully saturated rings. The van der Waals surface area contributed by atoms with Gasteiger partial charge in [-0.2, -0.15) is 0 Å². The average molecular weight is 227 g/mol. The highest BCUT2D eigenvalue weighted by Gasteiger charge is 2.25. The first kappa shape index (κ1) is 13.0. The number of piperidine rings is 1. The first-order valence-corrected chi connectivity index (χ1v) is 5.85. The van der Waals surface area contributed by atoms with Gasteiger partial charge in [-0.05, 0) is 33.6 Å². The summed E-state index contributed by atoms with van der Waals surface area (Å²) in [5, 5.41) is 8.65. The molecule has 2 amide bonds. The fraction of sp³-hybridized carbons (Fsp3) is 0.818. The van der Waals surface area contributed by atoms with Gasteiger partial charge in [-0.25, -0.2) is 0 Å². The second-order valence-electron chi connectivity index (χ2n) is 4.54. The third-order valence-corrected chi connectivity index (χ3v) is 2.56. The fourth-order valence-electron chi connectivity index (χ4n) is 1.72. The molecule has 1 aliphatic rings. The molecular weight excluding hydrogens is 206 g/mol. The summed E-state index contributed by atoms with van der Waals surface area (Å²) >= 11 is 0. The van der Waals surface area contributed by atoms with E-state index in [0.29, 0.717) is 0 Å². The van der Waals surface area contributed by atoms with Crippen LogP contribution in [0.1, 0.15) is 33.6 Å². The van der Waals surface area contributed by atoms with Crippen LogP contribution in [0.3, 0.4) is 0 Å². The van der Waals surface area contributed by atoms with Crippen LogP contribution >= 0.6 is 0 Å². The zero-order valence-electron chi connectivity index (χ0n) is 10.2. The van der Waals surface area contributed by atoms with Crippen molar-refractivity contribution in [2.75, 3.05) is 6.54 Å². The van der Waals surface area contributed by atoms with Gasteiger partial charge < -0.3 is 10.6 Å². The minimum absolute atomic E-state index is 0.00422. The summed E-state index contributed by atoms with van der Waals surface area (Å²) in [7, 11) is 0. The van der Waals surface area contributed by atoms with Gasteiger partial charge in [-0.3, -0.25) is 14.9 Å². The predicted molar refractivity (Wildman–Crippen MR) is 61.9 cm³/mol. The molecule has 5 heteroatoms. The molecule has 3 N–H and O–H groups in total. The maximum absolute atomic E-state index is 11.6. The molecule has 0 saturated carbocycles. The van der Waals surface area contributed by atoms with Crippen molar-refractivity contribution < 1.29 is 9.59 Å². The van der Waals surface area contributed by atoms with Crippen LogP contribution in [0.25, 0.3) is 0 Å². The van der Waals surface area contributed by atoms with Gasteiger partial charge in [0.15, 0.2) is 0 Å². The molecule has 1 saturated heterocycles. The molecule has 1 rings (SSSR count). The van der Waals surface area contributed by atoms with Gasteiger partial charge in [0.1, 0.15) is 0 Å². The van der Waals surface area contributed by atoms with E-state index in [1.54, 1.807) is 6.92 Å². The van der Waals surface area contributed by atoms with Gasteiger partial charge in [0.05, 0.1) is 12.1 Å². The Hall–Kier alpha value is -1.10. The molecule has 0 radical (unpaired) electrons. The van der Waals surface area contributed by atoms with Crippen LogP contribution in [0.15, 0.2) is 0 Å². The Morgan fingerprint density at radius 3 is 2.69 bits per heavy atom. The van der Waals surface area contributed by atoms with E-state index in [0.717, 1.165) is 19.4 Å². The van der Waals surface area contributed by atoms with Crippen molar-refractivity contribution in [1.29, 1.82) is 0 Å². The second kappa shape index (κ2) is 5.84. The van der Waals surface area contributed by atoms with E-state index < -0.39 is 0 Å². The minimum atomic E-state index is -0.337. The van der Waals surface area contributed by atoms with Crippen molar-refractivity contribution in [2.45, 2.75) is 51.7 Å². The van der Waals surface area contributed by atoms with Crippen molar-refractivity contribution in [3.8, 4) is 0 Å². The average Bonchev–Trinajstić information content (AvgIpc) is 2.20. The summed E-state index contributed by atoms with van der Waals surface area (Å²) in [6.45, 7) is 6.35. The van der Waals surface area contributed by atoms with Gasteiger partial charge in [0.25, 0.3) is 0 Å². The Bertz CT molecular complexity index is 266. The molecule has 0 aromatic carbocycles. The van der Waals surface area contributed by atoms with E-state index in [-0.39, 0.29) is 29.9 Å². The molecule has 0 aromatic rings. The SMILES string of the molecule is CC(C)NC(=O)C(C)NC1CCCNC1=O. The molecule has 0 bridgehead atoms. The van der Waals surface area contributed by atoms with Crippen LogP contribution in [0.2, 0.25) is 0 Å². The van der Waals surface area contributed by atoms with Crippen LogP contribution < -0.4 is 16.0 Å². The summed E-state index contributed by atoms with van der Waals surface area (Å²) in [5.74, 6) is -0.0659. The van der Waals surface area contributed by atoms with E-state index in [1.165, 1.54) is 0 Å². The van der Waals surface area contributed by atoms with Crippen LogP contribution in [0.5, 0.6) is 0 Å². The zero-order valence-corrected chi connectivity index (χ0v) is 10.2. The summed E-state index contributed by atoms with van der Waals surface area (Å²) in [4.78, 5) is 23.1. The zero-order chi connectivity index (χ0) is 12.1. The highest BCUT2D eigenvalue weighted by Crippen LogP contribution is 2.04. The van der Waals surface area contributed by atoms with Crippen molar-refractivity contribution in [1.82, 2.24) is 16.0 Å². The van der Waals surface area contributed by atoms with Crippen molar-refractivity contribution in [3.63, 3.8) is 0 Å². The Balaban J connectivity index is 2.40. The van der Waals surface area contributed by atoms with Crippen LogP contribution in [0.4, 0.5) is 0 Å². The number of amides is 2. The molecule has 2 unspecified atom stereocenters. The molecule has 92 valence electrons. The lowest BCUT2D eigenvalue weighted by Gasteiger charge is -2.26. The topological polar surface area (TPSA) is 70.2 Å². The first-order chi connectivity index (χ1) is 7.50. The maximum Gasteiger partial charge on any atom is 0.237 e. The van der Waals surface area contributed by atoms with Crippen molar-refractivity contribution in [2.24, 2.45) is 0 Å². The lowest BCUT2D eigenvalue weighted by atomic mass is 10.1. The molecular formula is C11H21N3O2. The summed E-state index contributed by atoms with van der Waals surface area (Å²) < 4.78 is 0. The molecule has 0 aromatic heterocycles. The second-order valence-corrected chi connectivity index (χ2v) is 4.54. The van der Waals surface area contributed by atoms with Gasteiger partial charge in [0, 0.05) is 12.6 Å². The number of rotatable bonds is 4. The number of nitrogens with one attached hydrogen (secondary N) is 3. The molecule has 0 spiro atoms. The van der Waals surface area contributed by atoms with Crippen molar-refractivity contribution in [3.05, 3.63) is 0 Å².